The number of carbonyl (C=O) groups is 1. The summed E-state index contributed by atoms with van der Waals surface area (Å²) in [4.78, 5) is 15.7. The number of nitrogens with one attached hydrogen (secondary N) is 1. The first kappa shape index (κ1) is 23.6. The molecule has 2 heterocycles. The van der Waals surface area contributed by atoms with Gasteiger partial charge in [0.15, 0.2) is 11.4 Å². The molecule has 2 aromatic heterocycles. The number of sulfonamides is 1. The van der Waals surface area contributed by atoms with Crippen LogP contribution in [0.1, 0.15) is 10.5 Å². The van der Waals surface area contributed by atoms with Crippen molar-refractivity contribution < 1.29 is 18.3 Å². The molecule has 0 aliphatic rings. The Balaban J connectivity index is 1.55. The van der Waals surface area contributed by atoms with Crippen LogP contribution in [0.15, 0.2) is 98.5 Å². The number of amides is 1. The van der Waals surface area contributed by atoms with Gasteiger partial charge in [0.1, 0.15) is 0 Å². The van der Waals surface area contributed by atoms with Crippen molar-refractivity contribution in [1.82, 2.24) is 14.8 Å². The van der Waals surface area contributed by atoms with Crippen molar-refractivity contribution in [2.45, 2.75) is 4.90 Å². The first-order chi connectivity index (χ1) is 17.2. The number of azo groups is 1. The molecule has 0 saturated carbocycles. The van der Waals surface area contributed by atoms with Crippen LogP contribution in [-0.4, -0.2) is 34.2 Å². The van der Waals surface area contributed by atoms with Gasteiger partial charge in [0.2, 0.25) is 15.9 Å². The van der Waals surface area contributed by atoms with Crippen molar-refractivity contribution in [3.63, 3.8) is 0 Å². The van der Waals surface area contributed by atoms with Crippen LogP contribution in [0.25, 0.3) is 27.8 Å². The zero-order chi connectivity index (χ0) is 25.4. The molecule has 0 spiro atoms. The summed E-state index contributed by atoms with van der Waals surface area (Å²) < 4.78 is 25.5. The van der Waals surface area contributed by atoms with Crippen LogP contribution in [0.3, 0.4) is 0 Å². The molecule has 4 N–H and O–H groups in total. The molecular weight excluding hydrogens is 548 g/mol. The van der Waals surface area contributed by atoms with Gasteiger partial charge in [-0.25, -0.2) is 18.2 Å². The van der Waals surface area contributed by atoms with E-state index in [-0.39, 0.29) is 22.2 Å². The Morgan fingerprint density at radius 3 is 2.44 bits per heavy atom. The maximum Gasteiger partial charge on any atom is 0.315 e. The minimum atomic E-state index is -3.86. The van der Waals surface area contributed by atoms with Gasteiger partial charge < -0.3 is 10.1 Å². The SMILES string of the molecule is NS(=O)(=O)c1ccc(-n2nc(C(=O)N=Nc3c(O)[nH]c4ccc(Br)cc34)cc2-c2ccccc2)cc1. The van der Waals surface area contributed by atoms with E-state index in [1.54, 1.807) is 24.3 Å². The highest BCUT2D eigenvalue weighted by molar-refractivity contribution is 9.10. The van der Waals surface area contributed by atoms with Crippen molar-refractivity contribution in [3.05, 3.63) is 89.0 Å². The molecule has 180 valence electrons. The van der Waals surface area contributed by atoms with Gasteiger partial charge >= 0.3 is 5.91 Å². The Labute approximate surface area is 213 Å². The number of primary sulfonamides is 1. The summed E-state index contributed by atoms with van der Waals surface area (Å²) in [5, 5.41) is 28.2. The third-order valence-corrected chi connectivity index (χ3v) is 6.79. The second-order valence-corrected chi connectivity index (χ2v) is 10.2. The fraction of sp³-hybridized carbons (Fsp3) is 0. The molecule has 5 aromatic rings. The molecule has 36 heavy (non-hydrogen) atoms. The van der Waals surface area contributed by atoms with Crippen LogP contribution in [0.4, 0.5) is 5.69 Å². The number of H-pyrrole nitrogens is 1. The maximum absolute atomic E-state index is 12.9. The molecule has 0 fully saturated rings. The van der Waals surface area contributed by atoms with Crippen LogP contribution >= 0.6 is 15.9 Å². The Bertz CT molecular complexity index is 1740. The molecule has 12 heteroatoms. The van der Waals surface area contributed by atoms with Gasteiger partial charge in [-0.15, -0.1) is 10.2 Å². The van der Waals surface area contributed by atoms with E-state index in [1.165, 1.54) is 28.9 Å². The maximum atomic E-state index is 12.9. The lowest BCUT2D eigenvalue weighted by Crippen LogP contribution is -2.12. The van der Waals surface area contributed by atoms with Crippen molar-refractivity contribution >= 4 is 48.5 Å². The summed E-state index contributed by atoms with van der Waals surface area (Å²) in [5.74, 6) is -0.944. The van der Waals surface area contributed by atoms with E-state index in [2.05, 4.69) is 36.2 Å². The predicted molar refractivity (Wildman–Crippen MR) is 137 cm³/mol. The summed E-state index contributed by atoms with van der Waals surface area (Å²) in [6, 6.07) is 21.9. The number of halogens is 1. The number of aromatic amines is 1. The van der Waals surface area contributed by atoms with E-state index in [4.69, 9.17) is 5.14 Å². The second kappa shape index (κ2) is 9.15. The highest BCUT2D eigenvalue weighted by Crippen LogP contribution is 2.37. The molecule has 10 nitrogen and oxygen atoms in total. The minimum absolute atomic E-state index is 0.00800. The highest BCUT2D eigenvalue weighted by atomic mass is 79.9. The van der Waals surface area contributed by atoms with E-state index in [0.29, 0.717) is 22.3 Å². The first-order valence-corrected chi connectivity index (χ1v) is 12.8. The number of fused-ring (bicyclic) bond motifs is 1. The number of nitrogens with zero attached hydrogens (tertiary/aromatic N) is 4. The minimum Gasteiger partial charge on any atom is -0.493 e. The summed E-state index contributed by atoms with van der Waals surface area (Å²) >= 11 is 3.38. The molecule has 0 atom stereocenters. The number of nitrogens with two attached hydrogens (primary N) is 1. The monoisotopic (exact) mass is 564 g/mol. The molecule has 0 saturated heterocycles. The lowest BCUT2D eigenvalue weighted by atomic mass is 10.1. The molecular formula is C24H17BrN6O4S. The third kappa shape index (κ3) is 4.56. The first-order valence-electron chi connectivity index (χ1n) is 10.5. The number of aromatic hydroxyl groups is 1. The average Bonchev–Trinajstić information content (AvgIpc) is 3.44. The Kier molecular flexibility index (Phi) is 6.00. The van der Waals surface area contributed by atoms with Crippen molar-refractivity contribution in [1.29, 1.82) is 0 Å². The smallest absolute Gasteiger partial charge is 0.315 e. The van der Waals surface area contributed by atoms with Crippen molar-refractivity contribution in [3.8, 4) is 22.8 Å². The summed E-state index contributed by atoms with van der Waals surface area (Å²) in [6.07, 6.45) is 0. The van der Waals surface area contributed by atoms with E-state index in [9.17, 15) is 18.3 Å². The number of hydrogen-bond donors (Lipinski definition) is 3. The van der Waals surface area contributed by atoms with Gasteiger partial charge in [-0.05, 0) is 48.5 Å². The lowest BCUT2D eigenvalue weighted by molar-refractivity contribution is 0.0990. The van der Waals surface area contributed by atoms with E-state index >= 15 is 0 Å². The lowest BCUT2D eigenvalue weighted by Gasteiger charge is -2.08. The third-order valence-electron chi connectivity index (χ3n) is 5.36. The molecule has 3 aromatic carbocycles. The Morgan fingerprint density at radius 2 is 1.75 bits per heavy atom. The topological polar surface area (TPSA) is 156 Å². The standard InChI is InChI=1S/C24H17BrN6O4S/c25-15-6-11-19-18(12-15)22(24(33)27-19)28-29-23(32)20-13-21(14-4-2-1-3-5-14)31(30-20)16-7-9-17(10-8-16)36(26,34)35/h1-13,27,33H,(H2,26,34,35). The fourth-order valence-corrected chi connectivity index (χ4v) is 4.53. The van der Waals surface area contributed by atoms with Crippen molar-refractivity contribution in [2.75, 3.05) is 0 Å². The largest absolute Gasteiger partial charge is 0.493 e. The predicted octanol–water partition coefficient (Wildman–Crippen LogP) is 5.06. The molecule has 1 amide bonds. The second-order valence-electron chi connectivity index (χ2n) is 7.75. The zero-order valence-electron chi connectivity index (χ0n) is 18.3. The van der Waals surface area contributed by atoms with E-state index in [1.807, 2.05) is 30.3 Å². The normalized spacial score (nSPS) is 11.9. The average molecular weight is 565 g/mol. The van der Waals surface area contributed by atoms with Crippen LogP contribution < -0.4 is 5.14 Å². The number of aromatic nitrogens is 3. The Hall–Kier alpha value is -4.13. The highest BCUT2D eigenvalue weighted by Gasteiger charge is 2.18. The molecule has 0 aliphatic heterocycles. The van der Waals surface area contributed by atoms with Gasteiger partial charge in [0.05, 0.1) is 21.8 Å². The van der Waals surface area contributed by atoms with Crippen LogP contribution in [0.2, 0.25) is 0 Å². The summed E-state index contributed by atoms with van der Waals surface area (Å²) in [5.41, 5.74) is 2.63. The van der Waals surface area contributed by atoms with Gasteiger partial charge in [-0.1, -0.05) is 46.3 Å². The Morgan fingerprint density at radius 1 is 1.03 bits per heavy atom. The molecule has 0 radical (unpaired) electrons. The van der Waals surface area contributed by atoms with Gasteiger partial charge in [0, 0.05) is 15.4 Å². The number of hydrogen-bond acceptors (Lipinski definition) is 6. The van der Waals surface area contributed by atoms with Crippen molar-refractivity contribution in [2.24, 2.45) is 15.4 Å². The molecule has 0 unspecified atom stereocenters. The molecule has 5 rings (SSSR count). The van der Waals surface area contributed by atoms with E-state index in [0.717, 1.165) is 10.0 Å². The summed E-state index contributed by atoms with van der Waals surface area (Å²) in [6.45, 7) is 0. The number of rotatable bonds is 5. The summed E-state index contributed by atoms with van der Waals surface area (Å²) in [7, 11) is -3.86. The van der Waals surface area contributed by atoms with Crippen LogP contribution in [0.5, 0.6) is 5.88 Å². The number of carbonyl (C=O) groups excluding carboxylic acids is 1. The van der Waals surface area contributed by atoms with Gasteiger partial charge in [-0.3, -0.25) is 4.79 Å². The molecule has 0 bridgehead atoms. The number of benzene rings is 3. The van der Waals surface area contributed by atoms with E-state index < -0.39 is 15.9 Å². The van der Waals surface area contributed by atoms with Gasteiger partial charge in [-0.2, -0.15) is 5.10 Å². The fourth-order valence-electron chi connectivity index (χ4n) is 3.66. The van der Waals surface area contributed by atoms with Crippen LogP contribution in [-0.2, 0) is 10.0 Å². The van der Waals surface area contributed by atoms with Gasteiger partial charge in [0.25, 0.3) is 0 Å². The zero-order valence-corrected chi connectivity index (χ0v) is 20.7. The van der Waals surface area contributed by atoms with Crippen LogP contribution in [0, 0.1) is 0 Å². The molecule has 0 aliphatic carbocycles. The quantitative estimate of drug-likeness (QED) is 0.254.